The number of ether oxygens (including phenoxy) is 3. The molecule has 0 aliphatic heterocycles. The highest BCUT2D eigenvalue weighted by molar-refractivity contribution is 5.70. The van der Waals surface area contributed by atoms with Crippen LogP contribution in [0.1, 0.15) is 149 Å². The molecule has 0 heterocycles. The van der Waals surface area contributed by atoms with E-state index in [0.29, 0.717) is 12.8 Å². The van der Waals surface area contributed by atoms with Crippen molar-refractivity contribution in [2.45, 2.75) is 161 Å². The lowest BCUT2D eigenvalue weighted by atomic mass is 10.1. The fourth-order valence-electron chi connectivity index (χ4n) is 5.32. The first-order valence-electron chi connectivity index (χ1n) is 19.0. The first-order chi connectivity index (χ1) is 23.1. The topological polar surface area (TPSA) is 102 Å². The molecular weight excluding hydrogens is 606 g/mol. The molecule has 0 aromatic rings. The molecule has 0 aliphatic carbocycles. The summed E-state index contributed by atoms with van der Waals surface area (Å²) < 4.78 is 17.0. The number of nitrogens with zero attached hydrogens (tertiary/aromatic N) is 1. The van der Waals surface area contributed by atoms with Crippen molar-refractivity contribution >= 4 is 17.9 Å². The summed E-state index contributed by atoms with van der Waals surface area (Å²) in [5.74, 6) is -1.76. The van der Waals surface area contributed by atoms with E-state index in [1.165, 1.54) is 44.9 Å². The minimum Gasteiger partial charge on any atom is -0.544 e. The van der Waals surface area contributed by atoms with Gasteiger partial charge in [-0.25, -0.2) is 0 Å². The molecule has 0 amide bonds. The molecule has 0 aliphatic rings. The maximum Gasteiger partial charge on any atom is 0.306 e. The molecule has 0 saturated heterocycles. The number of hydrogen-bond donors (Lipinski definition) is 0. The normalized spacial score (nSPS) is 13.4. The fraction of sp³-hybridized carbons (Fsp3) is 0.775. The smallest absolute Gasteiger partial charge is 0.306 e. The highest BCUT2D eigenvalue weighted by atomic mass is 16.6. The van der Waals surface area contributed by atoms with Crippen LogP contribution in [0.2, 0.25) is 0 Å². The highest BCUT2D eigenvalue weighted by Crippen LogP contribution is 2.13. The van der Waals surface area contributed by atoms with Crippen molar-refractivity contribution in [3.63, 3.8) is 0 Å². The summed E-state index contributed by atoms with van der Waals surface area (Å²) in [6.45, 7) is 4.49. The minimum absolute atomic E-state index is 0.0364. The molecule has 8 nitrogen and oxygen atoms in total. The predicted molar refractivity (Wildman–Crippen MR) is 194 cm³/mol. The Hall–Kier alpha value is -2.45. The number of allylic oxidation sites excluding steroid dienone is 6. The van der Waals surface area contributed by atoms with Crippen molar-refractivity contribution in [3.8, 4) is 0 Å². The summed E-state index contributed by atoms with van der Waals surface area (Å²) in [6.07, 6.45) is 33.1. The van der Waals surface area contributed by atoms with Crippen LogP contribution in [0.3, 0.4) is 0 Å². The molecule has 278 valence electrons. The maximum absolute atomic E-state index is 12.6. The molecule has 8 heteroatoms. The van der Waals surface area contributed by atoms with Gasteiger partial charge in [0.1, 0.15) is 12.6 Å². The van der Waals surface area contributed by atoms with Gasteiger partial charge in [0.25, 0.3) is 0 Å². The molecule has 0 radical (unpaired) electrons. The molecule has 0 aromatic carbocycles. The van der Waals surface area contributed by atoms with E-state index in [4.69, 9.17) is 14.2 Å². The van der Waals surface area contributed by atoms with Gasteiger partial charge >= 0.3 is 11.9 Å². The summed E-state index contributed by atoms with van der Waals surface area (Å²) >= 11 is 0. The van der Waals surface area contributed by atoms with Gasteiger partial charge in [-0.1, -0.05) is 121 Å². The van der Waals surface area contributed by atoms with Crippen molar-refractivity contribution in [1.82, 2.24) is 0 Å². The van der Waals surface area contributed by atoms with E-state index >= 15 is 0 Å². The lowest BCUT2D eigenvalue weighted by Crippen LogP contribution is -2.55. The Morgan fingerprint density at radius 2 is 1.17 bits per heavy atom. The molecule has 0 rings (SSSR count). The van der Waals surface area contributed by atoms with Gasteiger partial charge in [0.15, 0.2) is 6.10 Å². The summed E-state index contributed by atoms with van der Waals surface area (Å²) in [6, 6.07) is -0.725. The second-order valence-corrected chi connectivity index (χ2v) is 13.8. The first-order valence-corrected chi connectivity index (χ1v) is 19.0. The number of hydrogen-bond acceptors (Lipinski definition) is 7. The molecule has 0 aromatic heterocycles. The van der Waals surface area contributed by atoms with E-state index in [-0.39, 0.29) is 42.7 Å². The Kier molecular flexibility index (Phi) is 30.2. The number of quaternary nitrogens is 1. The molecule has 48 heavy (non-hydrogen) atoms. The van der Waals surface area contributed by atoms with E-state index in [0.717, 1.165) is 70.6 Å². The van der Waals surface area contributed by atoms with Gasteiger partial charge in [0, 0.05) is 19.3 Å². The number of esters is 2. The van der Waals surface area contributed by atoms with Crippen molar-refractivity contribution in [1.29, 1.82) is 0 Å². The van der Waals surface area contributed by atoms with Crippen molar-refractivity contribution in [2.24, 2.45) is 0 Å². The Labute approximate surface area is 293 Å². The second kappa shape index (κ2) is 31.8. The van der Waals surface area contributed by atoms with Crippen LogP contribution < -0.4 is 5.11 Å². The summed E-state index contributed by atoms with van der Waals surface area (Å²) in [7, 11) is 5.39. The Balaban J connectivity index is 4.41. The number of carboxylic acid groups (broad SMARTS) is 1. The fourth-order valence-corrected chi connectivity index (χ4v) is 5.32. The number of carbonyl (C=O) groups is 3. The van der Waals surface area contributed by atoms with Crippen molar-refractivity contribution in [3.05, 3.63) is 36.5 Å². The number of carboxylic acids is 1. The van der Waals surface area contributed by atoms with Crippen LogP contribution in [-0.4, -0.2) is 75.5 Å². The van der Waals surface area contributed by atoms with Crippen molar-refractivity contribution < 1.29 is 38.2 Å². The Bertz CT molecular complexity index is 891. The van der Waals surface area contributed by atoms with Gasteiger partial charge in [0.2, 0.25) is 0 Å². The molecule has 0 spiro atoms. The Morgan fingerprint density at radius 1 is 0.646 bits per heavy atom. The quantitative estimate of drug-likeness (QED) is 0.0299. The lowest BCUT2D eigenvalue weighted by molar-refractivity contribution is -0.889. The molecule has 0 bridgehead atoms. The van der Waals surface area contributed by atoms with Crippen LogP contribution in [0.4, 0.5) is 0 Å². The van der Waals surface area contributed by atoms with E-state index in [1.807, 2.05) is 0 Å². The van der Waals surface area contributed by atoms with Gasteiger partial charge in [-0.15, -0.1) is 0 Å². The SMILES string of the molecule is CC/C=C/C/C=C/C/C=C/CCCCCCCCC(=O)OC(COCCC(C(=O)[O-])[N+](C)(C)C)COC(=O)CCCCCCCCCC. The zero-order chi connectivity index (χ0) is 35.7. The molecule has 0 saturated carbocycles. The van der Waals surface area contributed by atoms with E-state index < -0.39 is 18.1 Å². The van der Waals surface area contributed by atoms with Gasteiger partial charge in [-0.3, -0.25) is 9.59 Å². The van der Waals surface area contributed by atoms with Gasteiger partial charge < -0.3 is 28.6 Å². The lowest BCUT2D eigenvalue weighted by Gasteiger charge is -2.34. The van der Waals surface area contributed by atoms with Crippen molar-refractivity contribution in [2.75, 3.05) is 41.0 Å². The third-order valence-corrected chi connectivity index (χ3v) is 8.29. The molecule has 0 N–H and O–H groups in total. The third-order valence-electron chi connectivity index (χ3n) is 8.29. The monoisotopic (exact) mass is 678 g/mol. The molecule has 2 unspecified atom stereocenters. The first kappa shape index (κ1) is 45.6. The minimum atomic E-state index is -1.13. The second-order valence-electron chi connectivity index (χ2n) is 13.8. The summed E-state index contributed by atoms with van der Waals surface area (Å²) in [4.78, 5) is 36.5. The van der Waals surface area contributed by atoms with Gasteiger partial charge in [-0.2, -0.15) is 0 Å². The molecule has 2 atom stereocenters. The van der Waals surface area contributed by atoms with Crippen LogP contribution in [0.15, 0.2) is 36.5 Å². The average molecular weight is 678 g/mol. The van der Waals surface area contributed by atoms with Crippen LogP contribution in [0.5, 0.6) is 0 Å². The number of rotatable bonds is 33. The zero-order valence-electron chi connectivity index (χ0n) is 31.4. The standard InChI is InChI=1S/C40H71NO7/c1-6-8-10-12-14-16-17-18-19-20-21-22-23-25-27-29-31-39(43)48-36(34-46-33-32-37(40(44)45)41(3,4)5)35-47-38(42)30-28-26-24-15-13-11-9-7-2/h8,10,14,16,18-19,36-37H,6-7,9,11-13,15,17,20-35H2,1-5H3/b10-8+,16-14+,19-18+. The maximum atomic E-state index is 12.6. The average Bonchev–Trinajstić information content (AvgIpc) is 3.03. The van der Waals surface area contributed by atoms with Crippen LogP contribution in [-0.2, 0) is 28.6 Å². The third kappa shape index (κ3) is 29.7. The molecule has 0 fully saturated rings. The number of carbonyl (C=O) groups excluding carboxylic acids is 3. The highest BCUT2D eigenvalue weighted by Gasteiger charge is 2.25. The van der Waals surface area contributed by atoms with E-state index in [2.05, 4.69) is 50.3 Å². The summed E-state index contributed by atoms with van der Waals surface area (Å²) in [5.41, 5.74) is 0. The van der Waals surface area contributed by atoms with Gasteiger partial charge in [-0.05, 0) is 44.9 Å². The Morgan fingerprint density at radius 3 is 1.73 bits per heavy atom. The van der Waals surface area contributed by atoms with Crippen LogP contribution in [0.25, 0.3) is 0 Å². The number of likely N-dealkylation sites (N-methyl/N-ethyl adjacent to an activating group) is 1. The van der Waals surface area contributed by atoms with Gasteiger partial charge in [0.05, 0.1) is 40.3 Å². The summed E-state index contributed by atoms with van der Waals surface area (Å²) in [5, 5.41) is 11.6. The largest absolute Gasteiger partial charge is 0.544 e. The van der Waals surface area contributed by atoms with E-state index in [1.54, 1.807) is 21.1 Å². The zero-order valence-corrected chi connectivity index (χ0v) is 31.4. The number of unbranched alkanes of at least 4 members (excludes halogenated alkanes) is 13. The number of aliphatic carboxylic acids is 1. The molecular formula is C40H71NO7. The van der Waals surface area contributed by atoms with Crippen LogP contribution in [0, 0.1) is 0 Å². The van der Waals surface area contributed by atoms with Crippen LogP contribution >= 0.6 is 0 Å². The van der Waals surface area contributed by atoms with E-state index in [9.17, 15) is 19.5 Å². The predicted octanol–water partition coefficient (Wildman–Crippen LogP) is 8.18.